The van der Waals surface area contributed by atoms with Gasteiger partial charge in [-0.3, -0.25) is 4.79 Å². The molecule has 1 amide bonds. The molecule has 0 saturated carbocycles. The van der Waals surface area contributed by atoms with Crippen LogP contribution in [0.1, 0.15) is 28.9 Å². The molecule has 1 aromatic heterocycles. The molecule has 0 spiro atoms. The van der Waals surface area contributed by atoms with E-state index < -0.39 is 0 Å². The molecule has 2 rings (SSSR count). The smallest absolute Gasteiger partial charge is 0.254 e. The number of amides is 1. The third-order valence-electron chi connectivity index (χ3n) is 3.29. The van der Waals surface area contributed by atoms with Crippen LogP contribution in [-0.4, -0.2) is 22.8 Å². The van der Waals surface area contributed by atoms with E-state index in [9.17, 15) is 4.79 Å². The predicted molar refractivity (Wildman–Crippen MR) is 88.9 cm³/mol. The van der Waals surface area contributed by atoms with Crippen LogP contribution in [0, 0.1) is 0 Å². The second-order valence-electron chi connectivity index (χ2n) is 4.63. The van der Waals surface area contributed by atoms with Crippen molar-refractivity contribution in [3.8, 4) is 0 Å². The van der Waals surface area contributed by atoms with Gasteiger partial charge >= 0.3 is 0 Å². The third kappa shape index (κ3) is 3.76. The molecule has 0 saturated heterocycles. The summed E-state index contributed by atoms with van der Waals surface area (Å²) in [5.41, 5.74) is 1.42. The van der Waals surface area contributed by atoms with Gasteiger partial charge in [0.25, 0.3) is 5.91 Å². The van der Waals surface area contributed by atoms with Gasteiger partial charge in [-0.1, -0.05) is 29.3 Å². The van der Waals surface area contributed by atoms with Crippen LogP contribution in [0.2, 0.25) is 10.0 Å². The van der Waals surface area contributed by atoms with Crippen molar-refractivity contribution >= 4 is 45.0 Å². The molecule has 3 nitrogen and oxygen atoms in total. The lowest BCUT2D eigenvalue weighted by atomic mass is 10.1. The van der Waals surface area contributed by atoms with Gasteiger partial charge in [-0.25, -0.2) is 4.98 Å². The van der Waals surface area contributed by atoms with Crippen LogP contribution < -0.4 is 0 Å². The molecule has 0 aliphatic rings. The van der Waals surface area contributed by atoms with Gasteiger partial charge in [0.2, 0.25) is 0 Å². The molecular weight excluding hydrogens is 375 g/mol. The summed E-state index contributed by atoms with van der Waals surface area (Å²) in [5, 5.41) is 1.12. The maximum Gasteiger partial charge on any atom is 0.254 e. The Kier molecular flexibility index (Phi) is 5.25. The Balaban J connectivity index is 2.26. The molecule has 1 heterocycles. The number of carbonyl (C=O) groups excluding carboxylic acids is 1. The molecule has 0 bridgehead atoms. The number of hydrogen-bond acceptors (Lipinski definition) is 2. The number of pyridine rings is 1. The molecule has 0 fully saturated rings. The number of benzene rings is 1. The summed E-state index contributed by atoms with van der Waals surface area (Å²) in [6, 6.07) is 8.47. The SMILES string of the molecule is CC(c1ccc(Cl)cc1Cl)N(C)C(=O)c1ccnc(Br)c1. The number of hydrogen-bond donors (Lipinski definition) is 0. The van der Waals surface area contributed by atoms with Crippen LogP contribution in [0.4, 0.5) is 0 Å². The molecule has 2 aromatic rings. The van der Waals surface area contributed by atoms with Crippen LogP contribution in [0.3, 0.4) is 0 Å². The lowest BCUT2D eigenvalue weighted by Crippen LogP contribution is -2.29. The molecule has 110 valence electrons. The van der Waals surface area contributed by atoms with E-state index in [1.807, 2.05) is 13.0 Å². The standard InChI is InChI=1S/C15H13BrCl2N2O/c1-9(12-4-3-11(17)8-13(12)18)20(2)15(21)10-5-6-19-14(16)7-10/h3-9H,1-2H3. The van der Waals surface area contributed by atoms with Crippen LogP contribution in [0.5, 0.6) is 0 Å². The van der Waals surface area contributed by atoms with Crippen molar-refractivity contribution in [2.75, 3.05) is 7.05 Å². The van der Waals surface area contributed by atoms with Crippen LogP contribution >= 0.6 is 39.1 Å². The average molecular weight is 388 g/mol. The Labute approximate surface area is 142 Å². The molecule has 0 radical (unpaired) electrons. The Bertz CT molecular complexity index is 678. The summed E-state index contributed by atoms with van der Waals surface area (Å²) in [7, 11) is 1.74. The van der Waals surface area contributed by atoms with E-state index in [0.717, 1.165) is 5.56 Å². The van der Waals surface area contributed by atoms with Gasteiger partial charge in [0.1, 0.15) is 4.60 Å². The van der Waals surface area contributed by atoms with Crippen molar-refractivity contribution in [3.63, 3.8) is 0 Å². The average Bonchev–Trinajstić information content (AvgIpc) is 2.45. The van der Waals surface area contributed by atoms with E-state index in [0.29, 0.717) is 20.2 Å². The van der Waals surface area contributed by atoms with Crippen molar-refractivity contribution in [3.05, 3.63) is 62.3 Å². The normalized spacial score (nSPS) is 12.0. The zero-order valence-corrected chi connectivity index (χ0v) is 14.6. The molecule has 1 unspecified atom stereocenters. The van der Waals surface area contributed by atoms with E-state index in [1.54, 1.807) is 42.4 Å². The van der Waals surface area contributed by atoms with Gasteiger partial charge in [-0.15, -0.1) is 0 Å². The molecule has 6 heteroatoms. The maximum atomic E-state index is 12.5. The van der Waals surface area contributed by atoms with Gasteiger partial charge in [0.15, 0.2) is 0 Å². The first-order chi connectivity index (χ1) is 9.90. The molecule has 0 N–H and O–H groups in total. The summed E-state index contributed by atoms with van der Waals surface area (Å²) >= 11 is 15.4. The highest BCUT2D eigenvalue weighted by Crippen LogP contribution is 2.29. The number of nitrogens with zero attached hydrogens (tertiary/aromatic N) is 2. The first-order valence-corrected chi connectivity index (χ1v) is 7.78. The number of halogens is 3. The van der Waals surface area contributed by atoms with Crippen LogP contribution in [0.25, 0.3) is 0 Å². The lowest BCUT2D eigenvalue weighted by molar-refractivity contribution is 0.0742. The van der Waals surface area contributed by atoms with E-state index >= 15 is 0 Å². The molecule has 1 atom stereocenters. The number of aromatic nitrogens is 1. The van der Waals surface area contributed by atoms with Crippen molar-refractivity contribution in [2.45, 2.75) is 13.0 Å². The second-order valence-corrected chi connectivity index (χ2v) is 6.28. The minimum absolute atomic E-state index is 0.100. The van der Waals surface area contributed by atoms with Gasteiger partial charge in [0.05, 0.1) is 6.04 Å². The fourth-order valence-corrected chi connectivity index (χ4v) is 2.90. The van der Waals surface area contributed by atoms with Crippen molar-refractivity contribution in [2.24, 2.45) is 0 Å². The van der Waals surface area contributed by atoms with Gasteiger partial charge in [0, 0.05) is 28.9 Å². The maximum absolute atomic E-state index is 12.5. The monoisotopic (exact) mass is 386 g/mol. The Morgan fingerprint density at radius 1 is 1.29 bits per heavy atom. The highest BCUT2D eigenvalue weighted by Gasteiger charge is 2.21. The van der Waals surface area contributed by atoms with Gasteiger partial charge in [-0.05, 0) is 52.7 Å². The third-order valence-corrected chi connectivity index (χ3v) is 4.28. The molecule has 0 aliphatic heterocycles. The number of carbonyl (C=O) groups is 1. The molecular formula is C15H13BrCl2N2O. The van der Waals surface area contributed by atoms with E-state index in [1.165, 1.54) is 0 Å². The summed E-state index contributed by atoms with van der Waals surface area (Å²) in [4.78, 5) is 18.2. The van der Waals surface area contributed by atoms with Crippen molar-refractivity contribution in [1.29, 1.82) is 0 Å². The fraction of sp³-hybridized carbons (Fsp3) is 0.200. The lowest BCUT2D eigenvalue weighted by Gasteiger charge is -2.26. The Morgan fingerprint density at radius 3 is 2.62 bits per heavy atom. The largest absolute Gasteiger partial charge is 0.335 e. The molecule has 21 heavy (non-hydrogen) atoms. The quantitative estimate of drug-likeness (QED) is 0.695. The van der Waals surface area contributed by atoms with Crippen LogP contribution in [0.15, 0.2) is 41.1 Å². The Morgan fingerprint density at radius 2 is 2.00 bits per heavy atom. The van der Waals surface area contributed by atoms with E-state index in [4.69, 9.17) is 23.2 Å². The first-order valence-electron chi connectivity index (χ1n) is 6.24. The van der Waals surface area contributed by atoms with Gasteiger partial charge in [-0.2, -0.15) is 0 Å². The number of rotatable bonds is 3. The van der Waals surface area contributed by atoms with E-state index in [-0.39, 0.29) is 11.9 Å². The van der Waals surface area contributed by atoms with Crippen molar-refractivity contribution in [1.82, 2.24) is 9.88 Å². The van der Waals surface area contributed by atoms with Crippen LogP contribution in [-0.2, 0) is 0 Å². The highest BCUT2D eigenvalue weighted by molar-refractivity contribution is 9.10. The predicted octanol–water partition coefficient (Wildman–Crippen LogP) is 4.98. The summed E-state index contributed by atoms with van der Waals surface area (Å²) in [6.07, 6.45) is 1.59. The first kappa shape index (κ1) is 16.3. The van der Waals surface area contributed by atoms with E-state index in [2.05, 4.69) is 20.9 Å². The zero-order chi connectivity index (χ0) is 15.6. The highest BCUT2D eigenvalue weighted by atomic mass is 79.9. The Hall–Kier alpha value is -1.10. The summed E-state index contributed by atoms with van der Waals surface area (Å²) < 4.78 is 0.624. The minimum Gasteiger partial charge on any atom is -0.335 e. The van der Waals surface area contributed by atoms with Crippen molar-refractivity contribution < 1.29 is 4.79 Å². The summed E-state index contributed by atoms with van der Waals surface area (Å²) in [5.74, 6) is -0.100. The minimum atomic E-state index is -0.172. The molecule has 0 aliphatic carbocycles. The summed E-state index contributed by atoms with van der Waals surface area (Å²) in [6.45, 7) is 1.92. The second kappa shape index (κ2) is 6.77. The zero-order valence-electron chi connectivity index (χ0n) is 11.5. The molecule has 1 aromatic carbocycles. The fourth-order valence-electron chi connectivity index (χ4n) is 1.96. The topological polar surface area (TPSA) is 33.2 Å². The van der Waals surface area contributed by atoms with Gasteiger partial charge < -0.3 is 4.90 Å².